The van der Waals surface area contributed by atoms with Gasteiger partial charge in [0, 0.05) is 35.9 Å². The van der Waals surface area contributed by atoms with Crippen molar-refractivity contribution in [3.8, 4) is 0 Å². The maximum Gasteiger partial charge on any atom is 0.0726 e. The largest absolute Gasteiger partial charge is 0.372 e. The molecule has 1 fully saturated rings. The fourth-order valence-electron chi connectivity index (χ4n) is 2.57. The molecule has 2 rings (SSSR count). The Hall–Kier alpha value is -0.770. The number of anilines is 1. The maximum absolute atomic E-state index is 6.30. The molecule has 2 unspecified atom stereocenters. The smallest absolute Gasteiger partial charge is 0.0726 e. The van der Waals surface area contributed by atoms with E-state index in [2.05, 4.69) is 30.1 Å². The summed E-state index contributed by atoms with van der Waals surface area (Å²) in [6.07, 6.45) is 0.519. The van der Waals surface area contributed by atoms with E-state index in [1.165, 1.54) is 11.3 Å². The Balaban J connectivity index is 2.29. The Labute approximate surface area is 114 Å². The summed E-state index contributed by atoms with van der Waals surface area (Å²) in [5, 5.41) is 4.01. The number of morpholine rings is 1. The minimum absolute atomic E-state index is 0.259. The minimum atomic E-state index is 0.259. The highest BCUT2D eigenvalue weighted by molar-refractivity contribution is 6.31. The molecular formula is C14H21ClN2O. The van der Waals surface area contributed by atoms with Crippen LogP contribution in [0.3, 0.4) is 0 Å². The number of nitrogens with one attached hydrogen (secondary N) is 1. The van der Waals surface area contributed by atoms with Gasteiger partial charge in [0.2, 0.25) is 0 Å². The van der Waals surface area contributed by atoms with Gasteiger partial charge in [0.05, 0.1) is 12.2 Å². The van der Waals surface area contributed by atoms with Crippen molar-refractivity contribution >= 4 is 17.3 Å². The first-order chi connectivity index (χ1) is 8.61. The molecule has 0 bridgehead atoms. The van der Waals surface area contributed by atoms with Crippen LogP contribution in [0.2, 0.25) is 5.02 Å². The molecule has 1 aliphatic rings. The Morgan fingerprint density at radius 3 is 2.61 bits per heavy atom. The SMILES string of the molecule is CNCc1c(Cl)cccc1N1CC(C)OC(C)C1. The lowest BCUT2D eigenvalue weighted by Gasteiger charge is -2.38. The minimum Gasteiger partial charge on any atom is -0.372 e. The summed E-state index contributed by atoms with van der Waals surface area (Å²) >= 11 is 6.30. The zero-order valence-corrected chi connectivity index (χ0v) is 12.0. The summed E-state index contributed by atoms with van der Waals surface area (Å²) in [5.74, 6) is 0. The second-order valence-corrected chi connectivity index (χ2v) is 5.34. The average molecular weight is 269 g/mol. The lowest BCUT2D eigenvalue weighted by molar-refractivity contribution is -0.00526. The number of rotatable bonds is 3. The highest BCUT2D eigenvalue weighted by Crippen LogP contribution is 2.29. The summed E-state index contributed by atoms with van der Waals surface area (Å²) in [4.78, 5) is 2.37. The molecule has 1 N–H and O–H groups in total. The van der Waals surface area contributed by atoms with E-state index in [0.717, 1.165) is 24.7 Å². The van der Waals surface area contributed by atoms with Crippen molar-refractivity contribution in [3.63, 3.8) is 0 Å². The van der Waals surface area contributed by atoms with Gasteiger partial charge >= 0.3 is 0 Å². The summed E-state index contributed by atoms with van der Waals surface area (Å²) in [6.45, 7) is 6.85. The molecule has 2 atom stereocenters. The van der Waals surface area contributed by atoms with Gasteiger partial charge in [0.1, 0.15) is 0 Å². The van der Waals surface area contributed by atoms with Crippen molar-refractivity contribution in [2.45, 2.75) is 32.6 Å². The van der Waals surface area contributed by atoms with Crippen LogP contribution in [0, 0.1) is 0 Å². The van der Waals surface area contributed by atoms with Crippen LogP contribution in [0.25, 0.3) is 0 Å². The second kappa shape index (κ2) is 5.91. The molecule has 1 aliphatic heterocycles. The normalized spacial score (nSPS) is 24.3. The van der Waals surface area contributed by atoms with Crippen LogP contribution in [-0.4, -0.2) is 32.3 Å². The van der Waals surface area contributed by atoms with Gasteiger partial charge in [-0.25, -0.2) is 0 Å². The van der Waals surface area contributed by atoms with Crippen LogP contribution in [0.1, 0.15) is 19.4 Å². The fourth-order valence-corrected chi connectivity index (χ4v) is 2.81. The predicted octanol–water partition coefficient (Wildman–Crippen LogP) is 2.67. The van der Waals surface area contributed by atoms with Gasteiger partial charge in [-0.1, -0.05) is 17.7 Å². The van der Waals surface area contributed by atoms with Gasteiger partial charge in [-0.2, -0.15) is 0 Å². The van der Waals surface area contributed by atoms with E-state index < -0.39 is 0 Å². The quantitative estimate of drug-likeness (QED) is 0.912. The molecule has 1 saturated heterocycles. The van der Waals surface area contributed by atoms with Crippen molar-refractivity contribution < 1.29 is 4.74 Å². The van der Waals surface area contributed by atoms with Crippen molar-refractivity contribution in [1.29, 1.82) is 0 Å². The highest BCUT2D eigenvalue weighted by atomic mass is 35.5. The van der Waals surface area contributed by atoms with E-state index in [1.807, 2.05) is 19.2 Å². The molecule has 1 aromatic carbocycles. The molecule has 18 heavy (non-hydrogen) atoms. The first-order valence-electron chi connectivity index (χ1n) is 6.44. The fraction of sp³-hybridized carbons (Fsp3) is 0.571. The van der Waals surface area contributed by atoms with E-state index in [-0.39, 0.29) is 12.2 Å². The van der Waals surface area contributed by atoms with Crippen molar-refractivity contribution in [2.24, 2.45) is 0 Å². The van der Waals surface area contributed by atoms with E-state index in [9.17, 15) is 0 Å². The summed E-state index contributed by atoms with van der Waals surface area (Å²) < 4.78 is 5.78. The molecule has 100 valence electrons. The van der Waals surface area contributed by atoms with Crippen molar-refractivity contribution in [1.82, 2.24) is 5.32 Å². The van der Waals surface area contributed by atoms with Gasteiger partial charge in [-0.3, -0.25) is 0 Å². The van der Waals surface area contributed by atoms with Crippen LogP contribution < -0.4 is 10.2 Å². The van der Waals surface area contributed by atoms with Crippen LogP contribution >= 0.6 is 11.6 Å². The topological polar surface area (TPSA) is 24.5 Å². The van der Waals surface area contributed by atoms with E-state index in [4.69, 9.17) is 16.3 Å². The second-order valence-electron chi connectivity index (χ2n) is 4.93. The van der Waals surface area contributed by atoms with Gasteiger partial charge in [0.25, 0.3) is 0 Å². The highest BCUT2D eigenvalue weighted by Gasteiger charge is 2.24. The number of nitrogens with zero attached hydrogens (tertiary/aromatic N) is 1. The standard InChI is InChI=1S/C14H21ClN2O/c1-10-8-17(9-11(2)18-10)14-6-4-5-13(15)12(14)7-16-3/h4-6,10-11,16H,7-9H2,1-3H3. The lowest BCUT2D eigenvalue weighted by atomic mass is 10.1. The van der Waals surface area contributed by atoms with Crippen LogP contribution in [0.5, 0.6) is 0 Å². The van der Waals surface area contributed by atoms with E-state index >= 15 is 0 Å². The number of halogens is 1. The average Bonchev–Trinajstić information content (AvgIpc) is 2.30. The molecule has 1 heterocycles. The van der Waals surface area contributed by atoms with E-state index in [1.54, 1.807) is 0 Å². The van der Waals surface area contributed by atoms with E-state index in [0.29, 0.717) is 0 Å². The summed E-state index contributed by atoms with van der Waals surface area (Å²) in [7, 11) is 1.94. The zero-order chi connectivity index (χ0) is 13.1. The molecule has 4 heteroatoms. The Morgan fingerprint density at radius 2 is 2.00 bits per heavy atom. The summed E-state index contributed by atoms with van der Waals surface area (Å²) in [5.41, 5.74) is 2.39. The summed E-state index contributed by atoms with van der Waals surface area (Å²) in [6, 6.07) is 6.11. The molecule has 0 radical (unpaired) electrons. The monoisotopic (exact) mass is 268 g/mol. The Morgan fingerprint density at radius 1 is 1.33 bits per heavy atom. The Bertz CT molecular complexity index is 401. The molecular weight excluding hydrogens is 248 g/mol. The lowest BCUT2D eigenvalue weighted by Crippen LogP contribution is -2.46. The first kappa shape index (κ1) is 13.7. The van der Waals surface area contributed by atoms with Gasteiger partial charge in [-0.05, 0) is 33.0 Å². The van der Waals surface area contributed by atoms with Gasteiger partial charge in [-0.15, -0.1) is 0 Å². The molecule has 0 aliphatic carbocycles. The zero-order valence-electron chi connectivity index (χ0n) is 11.2. The number of hydrogen-bond acceptors (Lipinski definition) is 3. The molecule has 0 saturated carbocycles. The van der Waals surface area contributed by atoms with Crippen LogP contribution in [0.4, 0.5) is 5.69 Å². The Kier molecular flexibility index (Phi) is 4.49. The first-order valence-corrected chi connectivity index (χ1v) is 6.82. The van der Waals surface area contributed by atoms with Gasteiger partial charge in [0.15, 0.2) is 0 Å². The number of benzene rings is 1. The molecule has 0 aromatic heterocycles. The van der Waals surface area contributed by atoms with Crippen LogP contribution in [0.15, 0.2) is 18.2 Å². The predicted molar refractivity (Wildman–Crippen MR) is 76.4 cm³/mol. The molecule has 1 aromatic rings. The van der Waals surface area contributed by atoms with Crippen molar-refractivity contribution in [2.75, 3.05) is 25.0 Å². The van der Waals surface area contributed by atoms with Gasteiger partial charge < -0.3 is 15.0 Å². The molecule has 3 nitrogen and oxygen atoms in total. The third-order valence-corrected chi connectivity index (χ3v) is 3.56. The number of ether oxygens (including phenoxy) is 1. The number of hydrogen-bond donors (Lipinski definition) is 1. The van der Waals surface area contributed by atoms with Crippen LogP contribution in [-0.2, 0) is 11.3 Å². The maximum atomic E-state index is 6.30. The molecule has 0 spiro atoms. The third kappa shape index (κ3) is 2.97. The van der Waals surface area contributed by atoms with Crippen molar-refractivity contribution in [3.05, 3.63) is 28.8 Å². The third-order valence-electron chi connectivity index (χ3n) is 3.21. The molecule has 0 amide bonds.